The normalized spacial score (nSPS) is 19.0. The topological polar surface area (TPSA) is 30.5 Å². The number of rotatable bonds is 5. The van der Waals surface area contributed by atoms with Crippen LogP contribution in [0.15, 0.2) is 16.6 Å². The Balaban J connectivity index is 1.62. The van der Waals surface area contributed by atoms with Gasteiger partial charge in [-0.25, -0.2) is 0 Å². The van der Waals surface area contributed by atoms with Crippen molar-refractivity contribution in [1.29, 1.82) is 0 Å². The number of fused-ring (bicyclic) bond motifs is 1. The van der Waals surface area contributed by atoms with Gasteiger partial charge in [0.1, 0.15) is 0 Å². The van der Waals surface area contributed by atoms with E-state index in [0.717, 1.165) is 29.1 Å². The van der Waals surface area contributed by atoms with E-state index in [1.165, 1.54) is 24.8 Å². The Morgan fingerprint density at radius 1 is 1.28 bits per heavy atom. The van der Waals surface area contributed by atoms with Crippen molar-refractivity contribution in [3.05, 3.63) is 22.2 Å². The van der Waals surface area contributed by atoms with Gasteiger partial charge >= 0.3 is 0 Å². The Labute approximate surface area is 116 Å². The second-order valence-electron chi connectivity index (χ2n) is 5.25. The largest absolute Gasteiger partial charge is 0.454 e. The van der Waals surface area contributed by atoms with Crippen LogP contribution in [0.1, 0.15) is 31.7 Å². The summed E-state index contributed by atoms with van der Waals surface area (Å²) in [7, 11) is 0. The fourth-order valence-electron chi connectivity index (χ4n) is 2.39. The van der Waals surface area contributed by atoms with Crippen molar-refractivity contribution >= 4 is 15.9 Å². The molecular weight excluding hydrogens is 294 g/mol. The maximum Gasteiger partial charge on any atom is 0.231 e. The zero-order chi connectivity index (χ0) is 12.6. The summed E-state index contributed by atoms with van der Waals surface area (Å²) in [5.41, 5.74) is 1.81. The van der Waals surface area contributed by atoms with Gasteiger partial charge in [0.2, 0.25) is 6.79 Å². The highest BCUT2D eigenvalue weighted by atomic mass is 79.9. The molecule has 98 valence electrons. The third kappa shape index (κ3) is 2.36. The number of hydrogen-bond donors (Lipinski definition) is 1. The van der Waals surface area contributed by atoms with Crippen LogP contribution in [0.3, 0.4) is 0 Å². The minimum atomic E-state index is 0.331. The summed E-state index contributed by atoms with van der Waals surface area (Å²) in [6.45, 7) is 4.60. The molecule has 3 rings (SSSR count). The van der Waals surface area contributed by atoms with E-state index in [-0.39, 0.29) is 0 Å². The molecule has 1 heterocycles. The third-order valence-corrected chi connectivity index (χ3v) is 4.80. The van der Waals surface area contributed by atoms with Gasteiger partial charge in [-0.1, -0.05) is 22.9 Å². The fourth-order valence-corrected chi connectivity index (χ4v) is 2.85. The standard InChI is InChI=1S/C14H18BrNO2/c1-2-14(3-4-14)8-16-7-10-5-12-13(6-11(10)15)18-9-17-12/h5-6,16H,2-4,7-9H2,1H3. The molecule has 3 nitrogen and oxygen atoms in total. The van der Waals surface area contributed by atoms with Crippen LogP contribution in [0, 0.1) is 5.41 Å². The summed E-state index contributed by atoms with van der Waals surface area (Å²) in [6.07, 6.45) is 4.03. The van der Waals surface area contributed by atoms with Crippen molar-refractivity contribution in [3.63, 3.8) is 0 Å². The number of halogens is 1. The average molecular weight is 312 g/mol. The van der Waals surface area contributed by atoms with E-state index in [1.54, 1.807) is 0 Å². The van der Waals surface area contributed by atoms with Crippen molar-refractivity contribution in [2.24, 2.45) is 5.41 Å². The van der Waals surface area contributed by atoms with E-state index in [4.69, 9.17) is 9.47 Å². The molecule has 0 spiro atoms. The van der Waals surface area contributed by atoms with Gasteiger partial charge in [-0.3, -0.25) is 0 Å². The molecule has 1 aromatic carbocycles. The van der Waals surface area contributed by atoms with Gasteiger partial charge in [-0.15, -0.1) is 0 Å². The van der Waals surface area contributed by atoms with Gasteiger partial charge < -0.3 is 14.8 Å². The van der Waals surface area contributed by atoms with Gasteiger partial charge in [-0.2, -0.15) is 0 Å². The van der Waals surface area contributed by atoms with Crippen molar-refractivity contribution in [2.75, 3.05) is 13.3 Å². The average Bonchev–Trinajstić information content (AvgIpc) is 3.01. The number of nitrogens with one attached hydrogen (secondary N) is 1. The van der Waals surface area contributed by atoms with Crippen molar-refractivity contribution in [1.82, 2.24) is 5.32 Å². The molecule has 4 heteroatoms. The highest BCUT2D eigenvalue weighted by Crippen LogP contribution is 2.48. The number of hydrogen-bond acceptors (Lipinski definition) is 3. The summed E-state index contributed by atoms with van der Waals surface area (Å²) >= 11 is 3.59. The number of ether oxygens (including phenoxy) is 2. The molecule has 0 aromatic heterocycles. The zero-order valence-electron chi connectivity index (χ0n) is 10.6. The Bertz CT molecular complexity index is 457. The number of benzene rings is 1. The molecule has 0 atom stereocenters. The van der Waals surface area contributed by atoms with E-state index < -0.39 is 0 Å². The van der Waals surface area contributed by atoms with Crippen molar-refractivity contribution in [3.8, 4) is 11.5 Å². The molecule has 1 aliphatic carbocycles. The Kier molecular flexibility index (Phi) is 3.24. The summed E-state index contributed by atoms with van der Waals surface area (Å²) in [5.74, 6) is 1.68. The van der Waals surface area contributed by atoms with Gasteiger partial charge in [0, 0.05) is 17.6 Å². The van der Waals surface area contributed by atoms with E-state index in [2.05, 4.69) is 34.2 Å². The maximum absolute atomic E-state index is 5.40. The summed E-state index contributed by atoms with van der Waals surface area (Å²) in [4.78, 5) is 0. The van der Waals surface area contributed by atoms with Gasteiger partial charge in [0.25, 0.3) is 0 Å². The lowest BCUT2D eigenvalue weighted by molar-refractivity contribution is 0.174. The predicted molar refractivity (Wildman–Crippen MR) is 73.9 cm³/mol. The first-order chi connectivity index (χ1) is 8.72. The van der Waals surface area contributed by atoms with Crippen LogP contribution in [0.4, 0.5) is 0 Å². The summed E-state index contributed by atoms with van der Waals surface area (Å²) in [6, 6.07) is 4.05. The van der Waals surface area contributed by atoms with Crippen LogP contribution < -0.4 is 14.8 Å². The highest BCUT2D eigenvalue weighted by Gasteiger charge is 2.39. The molecule has 1 saturated carbocycles. The molecule has 2 aliphatic rings. The Morgan fingerprint density at radius 2 is 2.00 bits per heavy atom. The molecule has 0 amide bonds. The zero-order valence-corrected chi connectivity index (χ0v) is 12.2. The summed E-state index contributed by atoms with van der Waals surface area (Å²) < 4.78 is 11.8. The minimum Gasteiger partial charge on any atom is -0.454 e. The minimum absolute atomic E-state index is 0.331. The molecule has 1 N–H and O–H groups in total. The fraction of sp³-hybridized carbons (Fsp3) is 0.571. The van der Waals surface area contributed by atoms with Gasteiger partial charge in [0.15, 0.2) is 11.5 Å². The van der Waals surface area contributed by atoms with Crippen LogP contribution in [-0.2, 0) is 6.54 Å². The van der Waals surface area contributed by atoms with Crippen LogP contribution in [-0.4, -0.2) is 13.3 Å². The Morgan fingerprint density at radius 3 is 2.67 bits per heavy atom. The first-order valence-electron chi connectivity index (χ1n) is 6.51. The van der Waals surface area contributed by atoms with Gasteiger partial charge in [0.05, 0.1) is 0 Å². The lowest BCUT2D eigenvalue weighted by Gasteiger charge is -2.14. The van der Waals surface area contributed by atoms with E-state index in [0.29, 0.717) is 12.2 Å². The predicted octanol–water partition coefficient (Wildman–Crippen LogP) is 3.46. The quantitative estimate of drug-likeness (QED) is 0.903. The smallest absolute Gasteiger partial charge is 0.231 e. The molecule has 1 aliphatic heterocycles. The molecule has 0 unspecified atom stereocenters. The lowest BCUT2D eigenvalue weighted by atomic mass is 10.0. The molecular formula is C14H18BrNO2. The van der Waals surface area contributed by atoms with Crippen molar-refractivity contribution < 1.29 is 9.47 Å². The molecule has 1 aromatic rings. The SMILES string of the molecule is CCC1(CNCc2cc3c(cc2Br)OCO3)CC1. The second kappa shape index (κ2) is 4.74. The Hall–Kier alpha value is -0.740. The first-order valence-corrected chi connectivity index (χ1v) is 7.30. The van der Waals surface area contributed by atoms with Crippen LogP contribution in [0.5, 0.6) is 11.5 Å². The maximum atomic E-state index is 5.40. The van der Waals surface area contributed by atoms with Crippen LogP contribution >= 0.6 is 15.9 Å². The van der Waals surface area contributed by atoms with Gasteiger partial charge in [-0.05, 0) is 42.4 Å². The molecule has 18 heavy (non-hydrogen) atoms. The van der Waals surface area contributed by atoms with E-state index in [1.807, 2.05) is 6.07 Å². The van der Waals surface area contributed by atoms with E-state index >= 15 is 0 Å². The van der Waals surface area contributed by atoms with Crippen molar-refractivity contribution in [2.45, 2.75) is 32.7 Å². The van der Waals surface area contributed by atoms with E-state index in [9.17, 15) is 0 Å². The van der Waals surface area contributed by atoms with Crippen LogP contribution in [0.25, 0.3) is 0 Å². The monoisotopic (exact) mass is 311 g/mol. The molecule has 0 bridgehead atoms. The molecule has 0 radical (unpaired) electrons. The molecule has 0 saturated heterocycles. The first kappa shape index (κ1) is 12.3. The third-order valence-electron chi connectivity index (χ3n) is 4.06. The summed E-state index contributed by atoms with van der Waals surface area (Å²) in [5, 5.41) is 3.56. The lowest BCUT2D eigenvalue weighted by Crippen LogP contribution is -2.23. The highest BCUT2D eigenvalue weighted by molar-refractivity contribution is 9.10. The molecule has 1 fully saturated rings. The second-order valence-corrected chi connectivity index (χ2v) is 6.11. The van der Waals surface area contributed by atoms with Crippen LogP contribution in [0.2, 0.25) is 0 Å².